The van der Waals surface area contributed by atoms with Crippen LogP contribution in [-0.2, 0) is 9.59 Å². The molecule has 1 aliphatic heterocycles. The number of hydrogen-bond donors (Lipinski definition) is 1. The molecule has 0 spiro atoms. The minimum atomic E-state index is -0.274. The van der Waals surface area contributed by atoms with Crippen LogP contribution in [-0.4, -0.2) is 18.9 Å². The quantitative estimate of drug-likeness (QED) is 0.664. The largest absolute Gasteiger partial charge is 0.346 e. The number of carbonyl (C=O) groups is 2. The highest BCUT2D eigenvalue weighted by molar-refractivity contribution is 8.04. The van der Waals surface area contributed by atoms with Crippen LogP contribution >= 0.6 is 11.8 Å². The zero-order chi connectivity index (χ0) is 19.7. The summed E-state index contributed by atoms with van der Waals surface area (Å²) in [5, 5.41) is 5.24. The second-order valence-electron chi connectivity index (χ2n) is 6.74. The van der Waals surface area contributed by atoms with Crippen molar-refractivity contribution in [3.05, 3.63) is 83.3 Å². The molecule has 28 heavy (non-hydrogen) atoms. The molecule has 3 aromatic rings. The smallest absolute Gasteiger partial charge is 0.265 e. The van der Waals surface area contributed by atoms with E-state index < -0.39 is 0 Å². The van der Waals surface area contributed by atoms with Gasteiger partial charge in [-0.3, -0.25) is 9.59 Å². The summed E-state index contributed by atoms with van der Waals surface area (Å²) in [6.07, 6.45) is 1.40. The molecule has 0 saturated heterocycles. The zero-order valence-electron chi connectivity index (χ0n) is 15.7. The molecule has 0 unspecified atom stereocenters. The molecule has 0 saturated carbocycles. The van der Waals surface area contributed by atoms with E-state index in [2.05, 4.69) is 23.5 Å². The van der Waals surface area contributed by atoms with E-state index in [1.165, 1.54) is 17.8 Å². The molecule has 1 heterocycles. The predicted molar refractivity (Wildman–Crippen MR) is 114 cm³/mol. The lowest BCUT2D eigenvalue weighted by Crippen LogP contribution is -2.32. The third kappa shape index (κ3) is 3.41. The number of hydrogen-bond acceptors (Lipinski definition) is 3. The third-order valence-electron chi connectivity index (χ3n) is 4.87. The van der Waals surface area contributed by atoms with Gasteiger partial charge in [-0.15, -0.1) is 0 Å². The molecule has 3 aromatic carbocycles. The SMILES string of the molecule is C[C@@H](NC(=O)/C=C1/Sc2ccccc2N(C)C1=O)c1cccc2ccccc12. The van der Waals surface area contributed by atoms with E-state index >= 15 is 0 Å². The van der Waals surface area contributed by atoms with E-state index in [9.17, 15) is 9.59 Å². The summed E-state index contributed by atoms with van der Waals surface area (Å²) in [4.78, 5) is 28.2. The molecule has 4 rings (SSSR count). The molecule has 1 aliphatic rings. The molecule has 0 aliphatic carbocycles. The standard InChI is InChI=1S/C23H20N2O2S/c1-15(17-11-7-9-16-8-3-4-10-18(16)17)24-22(26)14-21-23(27)25(2)19-12-5-6-13-20(19)28-21/h3-15H,1-2H3,(H,24,26)/b21-14+/t15-/m1/s1. The fourth-order valence-electron chi connectivity index (χ4n) is 3.43. The van der Waals surface area contributed by atoms with Crippen LogP contribution in [0.2, 0.25) is 0 Å². The van der Waals surface area contributed by atoms with E-state index in [0.29, 0.717) is 4.91 Å². The first-order chi connectivity index (χ1) is 13.5. The minimum Gasteiger partial charge on any atom is -0.346 e. The lowest BCUT2D eigenvalue weighted by Gasteiger charge is -2.26. The third-order valence-corrected chi connectivity index (χ3v) is 5.95. The lowest BCUT2D eigenvalue weighted by atomic mass is 10.00. The summed E-state index contributed by atoms with van der Waals surface area (Å²) in [6, 6.07) is 21.7. The Bertz CT molecular complexity index is 1100. The summed E-state index contributed by atoms with van der Waals surface area (Å²) in [5.41, 5.74) is 1.91. The molecule has 4 nitrogen and oxygen atoms in total. The monoisotopic (exact) mass is 388 g/mol. The van der Waals surface area contributed by atoms with Crippen molar-refractivity contribution in [2.24, 2.45) is 0 Å². The normalized spacial score (nSPS) is 16.1. The maximum absolute atomic E-state index is 12.6. The average Bonchev–Trinajstić information content (AvgIpc) is 2.71. The van der Waals surface area contributed by atoms with Crippen LogP contribution in [0, 0.1) is 0 Å². The Morgan fingerprint density at radius 3 is 2.61 bits per heavy atom. The highest BCUT2D eigenvalue weighted by Crippen LogP contribution is 2.40. The van der Waals surface area contributed by atoms with Crippen LogP contribution in [0.4, 0.5) is 5.69 Å². The first-order valence-corrected chi connectivity index (χ1v) is 9.91. The Kier molecular flexibility index (Phi) is 4.92. The number of carbonyl (C=O) groups excluding carboxylic acids is 2. The van der Waals surface area contributed by atoms with E-state index in [0.717, 1.165) is 26.9 Å². The van der Waals surface area contributed by atoms with Crippen molar-refractivity contribution < 1.29 is 9.59 Å². The Labute approximate surface area is 168 Å². The van der Waals surface area contributed by atoms with Crippen molar-refractivity contribution >= 4 is 40.0 Å². The van der Waals surface area contributed by atoms with Gasteiger partial charge < -0.3 is 10.2 Å². The van der Waals surface area contributed by atoms with Crippen LogP contribution in [0.1, 0.15) is 18.5 Å². The summed E-state index contributed by atoms with van der Waals surface area (Å²) in [5.74, 6) is -0.444. The first kappa shape index (κ1) is 18.3. The van der Waals surface area contributed by atoms with Crippen LogP contribution in [0.3, 0.4) is 0 Å². The number of likely N-dealkylation sites (N-methyl/N-ethyl adjacent to an activating group) is 1. The van der Waals surface area contributed by atoms with Crippen LogP contribution in [0.15, 0.2) is 82.6 Å². The highest BCUT2D eigenvalue weighted by Gasteiger charge is 2.27. The number of anilines is 1. The van der Waals surface area contributed by atoms with E-state index in [-0.39, 0.29) is 17.9 Å². The Morgan fingerprint density at radius 2 is 1.75 bits per heavy atom. The fourth-order valence-corrected chi connectivity index (χ4v) is 4.51. The van der Waals surface area contributed by atoms with Gasteiger partial charge in [-0.1, -0.05) is 66.4 Å². The Morgan fingerprint density at radius 1 is 1.04 bits per heavy atom. The molecule has 140 valence electrons. The number of benzene rings is 3. The van der Waals surface area contributed by atoms with Gasteiger partial charge >= 0.3 is 0 Å². The van der Waals surface area contributed by atoms with Crippen LogP contribution in [0.25, 0.3) is 10.8 Å². The van der Waals surface area contributed by atoms with E-state index in [1.54, 1.807) is 11.9 Å². The molecular weight excluding hydrogens is 368 g/mol. The van der Waals surface area contributed by atoms with Gasteiger partial charge in [-0.05, 0) is 35.4 Å². The second-order valence-corrected chi connectivity index (χ2v) is 7.82. The molecule has 1 atom stereocenters. The first-order valence-electron chi connectivity index (χ1n) is 9.09. The molecule has 0 fully saturated rings. The molecule has 1 N–H and O–H groups in total. The zero-order valence-corrected chi connectivity index (χ0v) is 16.5. The average molecular weight is 388 g/mol. The Hall–Kier alpha value is -3.05. The predicted octanol–water partition coefficient (Wildman–Crippen LogP) is 4.67. The molecule has 5 heteroatoms. The van der Waals surface area contributed by atoms with Crippen molar-refractivity contribution in [2.75, 3.05) is 11.9 Å². The number of amides is 2. The lowest BCUT2D eigenvalue weighted by molar-refractivity contribution is -0.118. The summed E-state index contributed by atoms with van der Waals surface area (Å²) in [6.45, 7) is 1.95. The highest BCUT2D eigenvalue weighted by atomic mass is 32.2. The van der Waals surface area contributed by atoms with Gasteiger partial charge in [-0.2, -0.15) is 0 Å². The van der Waals surface area contributed by atoms with Crippen molar-refractivity contribution in [3.63, 3.8) is 0 Å². The fraction of sp³-hybridized carbons (Fsp3) is 0.130. The van der Waals surface area contributed by atoms with Crippen molar-refractivity contribution in [2.45, 2.75) is 17.9 Å². The van der Waals surface area contributed by atoms with Crippen LogP contribution in [0.5, 0.6) is 0 Å². The van der Waals surface area contributed by atoms with E-state index in [4.69, 9.17) is 0 Å². The number of thioether (sulfide) groups is 1. The van der Waals surface area contributed by atoms with Gasteiger partial charge in [0.15, 0.2) is 0 Å². The van der Waals surface area contributed by atoms with Crippen LogP contribution < -0.4 is 10.2 Å². The van der Waals surface area contributed by atoms with Gasteiger partial charge in [-0.25, -0.2) is 0 Å². The van der Waals surface area contributed by atoms with Gasteiger partial charge in [0.2, 0.25) is 5.91 Å². The second kappa shape index (κ2) is 7.52. The molecule has 0 aromatic heterocycles. The van der Waals surface area contributed by atoms with Crippen molar-refractivity contribution in [1.82, 2.24) is 5.32 Å². The van der Waals surface area contributed by atoms with Gasteiger partial charge in [0, 0.05) is 18.0 Å². The molecular formula is C23H20N2O2S. The maximum Gasteiger partial charge on any atom is 0.265 e. The summed E-state index contributed by atoms with van der Waals surface area (Å²) < 4.78 is 0. The van der Waals surface area contributed by atoms with E-state index in [1.807, 2.05) is 55.5 Å². The van der Waals surface area contributed by atoms with Gasteiger partial charge in [0.05, 0.1) is 16.6 Å². The van der Waals surface area contributed by atoms with Crippen molar-refractivity contribution in [1.29, 1.82) is 0 Å². The number of rotatable bonds is 3. The van der Waals surface area contributed by atoms with Crippen molar-refractivity contribution in [3.8, 4) is 0 Å². The minimum absolute atomic E-state index is 0.170. The molecule has 0 bridgehead atoms. The topological polar surface area (TPSA) is 49.4 Å². The number of nitrogens with one attached hydrogen (secondary N) is 1. The number of fused-ring (bicyclic) bond motifs is 2. The maximum atomic E-state index is 12.6. The van der Waals surface area contributed by atoms with Gasteiger partial charge in [0.25, 0.3) is 5.91 Å². The Balaban J connectivity index is 1.56. The van der Waals surface area contributed by atoms with Gasteiger partial charge in [0.1, 0.15) is 0 Å². The summed E-state index contributed by atoms with van der Waals surface area (Å²) in [7, 11) is 1.73. The number of nitrogens with zero attached hydrogens (tertiary/aromatic N) is 1. The number of para-hydroxylation sites is 1. The molecule has 0 radical (unpaired) electrons. The summed E-state index contributed by atoms with van der Waals surface area (Å²) >= 11 is 1.33. The molecule has 2 amide bonds.